The minimum absolute atomic E-state index is 0.114. The molecule has 0 fully saturated rings. The molecule has 0 aliphatic rings. The highest BCUT2D eigenvalue weighted by Crippen LogP contribution is 2.31. The molecule has 0 aromatic carbocycles. The van der Waals surface area contributed by atoms with Gasteiger partial charge in [0, 0.05) is 11.8 Å². The Balaban J connectivity index is 3.39. The van der Waals surface area contributed by atoms with E-state index in [0.717, 1.165) is 6.20 Å². The van der Waals surface area contributed by atoms with E-state index < -0.39 is 17.7 Å². The molecule has 0 N–H and O–H groups in total. The topological polar surface area (TPSA) is 60.5 Å². The number of alkyl halides is 2. The summed E-state index contributed by atoms with van der Waals surface area (Å²) in [5, 5.41) is 16.7. The highest BCUT2D eigenvalue weighted by atomic mass is 35.5. The molecule has 0 aliphatic heterocycles. The van der Waals surface area contributed by atoms with Crippen LogP contribution in [0.15, 0.2) is 6.20 Å². The fourth-order valence-corrected chi connectivity index (χ4v) is 1.33. The van der Waals surface area contributed by atoms with Crippen LogP contribution in [-0.4, -0.2) is 4.98 Å². The van der Waals surface area contributed by atoms with Gasteiger partial charge in [0.2, 0.25) is 0 Å². The molecule has 0 spiro atoms. The van der Waals surface area contributed by atoms with E-state index in [2.05, 4.69) is 4.98 Å². The zero-order valence-electron chi connectivity index (χ0n) is 7.34. The maximum atomic E-state index is 12.5. The van der Waals surface area contributed by atoms with Gasteiger partial charge in [0.25, 0.3) is 6.43 Å². The van der Waals surface area contributed by atoms with Gasteiger partial charge >= 0.3 is 0 Å². The third-order valence-corrected chi connectivity index (χ3v) is 2.16. The van der Waals surface area contributed by atoms with Crippen LogP contribution in [0.5, 0.6) is 0 Å². The fourth-order valence-electron chi connectivity index (χ4n) is 1.04. The van der Waals surface area contributed by atoms with E-state index in [0.29, 0.717) is 0 Å². The van der Waals surface area contributed by atoms with Crippen LogP contribution in [0.3, 0.4) is 0 Å². The molecular weight excluding hydrogens is 224 g/mol. The summed E-state index contributed by atoms with van der Waals surface area (Å²) >= 11 is 5.64. The summed E-state index contributed by atoms with van der Waals surface area (Å²) in [4.78, 5) is 3.52. The second-order valence-corrected chi connectivity index (χ2v) is 2.99. The van der Waals surface area contributed by atoms with E-state index in [9.17, 15) is 8.78 Å². The Morgan fingerprint density at radius 2 is 2.13 bits per heavy atom. The smallest absolute Gasteiger partial charge is 0.245 e. The second-order valence-electron chi connectivity index (χ2n) is 2.61. The van der Waals surface area contributed by atoms with Crippen LogP contribution in [-0.2, 0) is 6.42 Å². The molecule has 3 nitrogen and oxygen atoms in total. The molecule has 0 saturated carbocycles. The molecule has 0 radical (unpaired) electrons. The normalized spacial score (nSPS) is 9.73. The molecule has 0 amide bonds. The summed E-state index contributed by atoms with van der Waals surface area (Å²) in [5.41, 5.74) is -0.808. The predicted octanol–water partition coefficient (Wildman–Crippen LogP) is 2.61. The molecule has 0 atom stereocenters. The number of nitrogens with zero attached hydrogens (tertiary/aromatic N) is 3. The summed E-state index contributed by atoms with van der Waals surface area (Å²) in [6.45, 7) is 0. The summed E-state index contributed by atoms with van der Waals surface area (Å²) < 4.78 is 25.1. The Morgan fingerprint density at radius 3 is 2.60 bits per heavy atom. The Bertz CT molecular complexity index is 460. The van der Waals surface area contributed by atoms with Gasteiger partial charge in [0.05, 0.1) is 23.1 Å². The lowest BCUT2D eigenvalue weighted by atomic mass is 10.1. The molecule has 1 aromatic rings. The zero-order valence-corrected chi connectivity index (χ0v) is 8.09. The number of hydrogen-bond donors (Lipinski definition) is 0. The first kappa shape index (κ1) is 11.4. The van der Waals surface area contributed by atoms with Crippen LogP contribution >= 0.6 is 11.6 Å². The first-order valence-electron chi connectivity index (χ1n) is 3.84. The molecule has 76 valence electrons. The molecule has 0 unspecified atom stereocenters. The molecule has 6 heteroatoms. The van der Waals surface area contributed by atoms with Gasteiger partial charge in [-0.15, -0.1) is 0 Å². The van der Waals surface area contributed by atoms with Crippen molar-refractivity contribution >= 4 is 11.6 Å². The third-order valence-electron chi connectivity index (χ3n) is 1.72. The number of rotatable bonds is 2. The lowest BCUT2D eigenvalue weighted by Crippen LogP contribution is -1.99. The first-order chi connectivity index (χ1) is 7.11. The Morgan fingerprint density at radius 1 is 1.47 bits per heavy atom. The van der Waals surface area contributed by atoms with Crippen molar-refractivity contribution in [3.63, 3.8) is 0 Å². The number of nitriles is 2. The average Bonchev–Trinajstić information content (AvgIpc) is 2.20. The van der Waals surface area contributed by atoms with Crippen molar-refractivity contribution in [1.82, 2.24) is 4.98 Å². The number of halogens is 3. The van der Waals surface area contributed by atoms with Crippen LogP contribution in [0, 0.1) is 22.7 Å². The first-order valence-corrected chi connectivity index (χ1v) is 4.22. The summed E-state index contributed by atoms with van der Waals surface area (Å²) in [7, 11) is 0. The van der Waals surface area contributed by atoms with Gasteiger partial charge in [-0.1, -0.05) is 11.6 Å². The van der Waals surface area contributed by atoms with E-state index >= 15 is 0 Å². The molecule has 15 heavy (non-hydrogen) atoms. The van der Waals surface area contributed by atoms with Gasteiger partial charge in [-0.05, 0) is 0 Å². The SMILES string of the molecule is N#CCc1cnc(C#N)c(C(F)F)c1Cl. The highest BCUT2D eigenvalue weighted by molar-refractivity contribution is 6.32. The minimum atomic E-state index is -2.88. The number of hydrogen-bond acceptors (Lipinski definition) is 3. The largest absolute Gasteiger partial charge is 0.268 e. The van der Waals surface area contributed by atoms with Crippen LogP contribution < -0.4 is 0 Å². The molecular formula is C9H4ClF2N3. The lowest BCUT2D eigenvalue weighted by molar-refractivity contribution is 0.150. The van der Waals surface area contributed by atoms with Crippen LogP contribution in [0.4, 0.5) is 8.78 Å². The summed E-state index contributed by atoms with van der Waals surface area (Å²) in [5.74, 6) is 0. The quantitative estimate of drug-likeness (QED) is 0.780. The fraction of sp³-hybridized carbons (Fsp3) is 0.222. The van der Waals surface area contributed by atoms with Crippen molar-refractivity contribution in [2.75, 3.05) is 0 Å². The van der Waals surface area contributed by atoms with Crippen molar-refractivity contribution < 1.29 is 8.78 Å². The van der Waals surface area contributed by atoms with Gasteiger partial charge in [0.1, 0.15) is 6.07 Å². The van der Waals surface area contributed by atoms with E-state index in [-0.39, 0.29) is 17.0 Å². The average molecular weight is 228 g/mol. The Hall–Kier alpha value is -1.72. The maximum Gasteiger partial charge on any atom is 0.268 e. The van der Waals surface area contributed by atoms with Crippen LogP contribution in [0.25, 0.3) is 0 Å². The van der Waals surface area contributed by atoms with Gasteiger partial charge in [-0.2, -0.15) is 10.5 Å². The molecule has 1 heterocycles. The van der Waals surface area contributed by atoms with Gasteiger partial charge < -0.3 is 0 Å². The standard InChI is InChI=1S/C9H4ClF2N3/c10-8-5(1-2-13)4-15-6(3-14)7(8)9(11)12/h4,9H,1H2. The Kier molecular flexibility index (Phi) is 3.54. The predicted molar refractivity (Wildman–Crippen MR) is 48.2 cm³/mol. The van der Waals surface area contributed by atoms with E-state index in [4.69, 9.17) is 22.1 Å². The molecule has 0 bridgehead atoms. The van der Waals surface area contributed by atoms with E-state index in [1.165, 1.54) is 6.07 Å². The van der Waals surface area contributed by atoms with Crippen molar-refractivity contribution in [2.24, 2.45) is 0 Å². The second kappa shape index (κ2) is 4.68. The van der Waals surface area contributed by atoms with Gasteiger partial charge in [-0.25, -0.2) is 13.8 Å². The summed E-state index contributed by atoms with van der Waals surface area (Å²) in [6, 6.07) is 3.30. The van der Waals surface area contributed by atoms with Gasteiger partial charge in [0.15, 0.2) is 5.69 Å². The van der Waals surface area contributed by atoms with Crippen LogP contribution in [0.2, 0.25) is 5.02 Å². The van der Waals surface area contributed by atoms with Crippen molar-refractivity contribution in [2.45, 2.75) is 12.8 Å². The van der Waals surface area contributed by atoms with Crippen molar-refractivity contribution in [1.29, 1.82) is 10.5 Å². The maximum absolute atomic E-state index is 12.5. The molecule has 0 saturated heterocycles. The van der Waals surface area contributed by atoms with Gasteiger partial charge in [-0.3, -0.25) is 0 Å². The third kappa shape index (κ3) is 2.20. The van der Waals surface area contributed by atoms with Crippen molar-refractivity contribution in [3.8, 4) is 12.1 Å². The highest BCUT2D eigenvalue weighted by Gasteiger charge is 2.20. The minimum Gasteiger partial charge on any atom is -0.245 e. The number of pyridine rings is 1. The molecule has 0 aliphatic carbocycles. The number of aromatic nitrogens is 1. The molecule has 1 rings (SSSR count). The summed E-state index contributed by atoms with van der Waals surface area (Å²) in [6.07, 6.45) is -1.83. The Labute approximate surface area is 89.5 Å². The van der Waals surface area contributed by atoms with Crippen molar-refractivity contribution in [3.05, 3.63) is 28.0 Å². The zero-order chi connectivity index (χ0) is 11.4. The molecule has 1 aromatic heterocycles. The lowest BCUT2D eigenvalue weighted by Gasteiger charge is -2.07. The van der Waals surface area contributed by atoms with E-state index in [1.807, 2.05) is 0 Å². The monoisotopic (exact) mass is 227 g/mol. The van der Waals surface area contributed by atoms with Crippen LogP contribution in [0.1, 0.15) is 23.2 Å². The van der Waals surface area contributed by atoms with E-state index in [1.54, 1.807) is 6.07 Å².